The Hall–Kier alpha value is -2.05. The molecular formula is C19H16BrFN2OS. The Balaban J connectivity index is 1.63. The molecule has 0 fully saturated rings. The van der Waals surface area contributed by atoms with E-state index in [4.69, 9.17) is 0 Å². The van der Waals surface area contributed by atoms with E-state index in [-0.39, 0.29) is 11.7 Å². The number of aryl methyl sites for hydroxylation is 1. The van der Waals surface area contributed by atoms with Crippen LogP contribution in [-0.4, -0.2) is 17.4 Å². The van der Waals surface area contributed by atoms with Gasteiger partial charge in [-0.3, -0.25) is 4.79 Å². The van der Waals surface area contributed by atoms with E-state index in [2.05, 4.69) is 26.2 Å². The lowest BCUT2D eigenvalue weighted by molar-refractivity contribution is 0.0953. The van der Waals surface area contributed by atoms with Gasteiger partial charge >= 0.3 is 0 Å². The summed E-state index contributed by atoms with van der Waals surface area (Å²) >= 11 is 4.96. The zero-order chi connectivity index (χ0) is 17.8. The van der Waals surface area contributed by atoms with Crippen molar-refractivity contribution < 1.29 is 9.18 Å². The molecule has 3 nitrogen and oxygen atoms in total. The van der Waals surface area contributed by atoms with E-state index in [1.165, 1.54) is 12.1 Å². The van der Waals surface area contributed by atoms with Crippen molar-refractivity contribution in [1.82, 2.24) is 10.3 Å². The zero-order valence-corrected chi connectivity index (χ0v) is 16.0. The van der Waals surface area contributed by atoms with Crippen molar-refractivity contribution in [3.63, 3.8) is 0 Å². The average molecular weight is 419 g/mol. The molecule has 0 spiro atoms. The van der Waals surface area contributed by atoms with E-state index in [0.717, 1.165) is 25.6 Å². The van der Waals surface area contributed by atoms with Gasteiger partial charge in [0.2, 0.25) is 0 Å². The summed E-state index contributed by atoms with van der Waals surface area (Å²) in [6.45, 7) is 2.49. The molecule has 0 bridgehead atoms. The van der Waals surface area contributed by atoms with Gasteiger partial charge in [0.05, 0.1) is 11.3 Å². The number of hydrogen-bond donors (Lipinski definition) is 1. The normalized spacial score (nSPS) is 10.7. The molecule has 0 aliphatic heterocycles. The zero-order valence-electron chi connectivity index (χ0n) is 13.6. The number of carbonyl (C=O) groups excluding carboxylic acids is 1. The van der Waals surface area contributed by atoms with Crippen molar-refractivity contribution in [2.75, 3.05) is 6.54 Å². The smallest absolute Gasteiger partial charge is 0.252 e. The number of nitrogens with zero attached hydrogens (tertiary/aromatic N) is 1. The highest BCUT2D eigenvalue weighted by atomic mass is 79.9. The van der Waals surface area contributed by atoms with E-state index < -0.39 is 0 Å². The standard InChI is InChI=1S/C19H16BrFN2OS/c1-12-17(25-19(23-12)13-6-8-14(21)9-7-13)10-11-22-18(24)15-4-2-3-5-16(15)20/h2-9H,10-11H2,1H3,(H,22,24). The molecule has 1 N–H and O–H groups in total. The highest BCUT2D eigenvalue weighted by Crippen LogP contribution is 2.28. The topological polar surface area (TPSA) is 42.0 Å². The maximum absolute atomic E-state index is 13.0. The number of rotatable bonds is 5. The first-order chi connectivity index (χ1) is 12.0. The number of thiazole rings is 1. The van der Waals surface area contributed by atoms with Crippen LogP contribution in [-0.2, 0) is 6.42 Å². The number of hydrogen-bond acceptors (Lipinski definition) is 3. The van der Waals surface area contributed by atoms with Crippen LogP contribution < -0.4 is 5.32 Å². The van der Waals surface area contributed by atoms with Gasteiger partial charge < -0.3 is 5.32 Å². The quantitative estimate of drug-likeness (QED) is 0.633. The summed E-state index contributed by atoms with van der Waals surface area (Å²) in [5.74, 6) is -0.361. The Morgan fingerprint density at radius 1 is 1.20 bits per heavy atom. The second-order valence-electron chi connectivity index (χ2n) is 5.52. The van der Waals surface area contributed by atoms with Gasteiger partial charge in [0.25, 0.3) is 5.91 Å². The fraction of sp³-hybridized carbons (Fsp3) is 0.158. The Morgan fingerprint density at radius 2 is 1.92 bits per heavy atom. The van der Waals surface area contributed by atoms with E-state index in [9.17, 15) is 9.18 Å². The lowest BCUT2D eigenvalue weighted by Gasteiger charge is -2.06. The number of carbonyl (C=O) groups is 1. The lowest BCUT2D eigenvalue weighted by Crippen LogP contribution is -2.25. The first kappa shape index (κ1) is 17.8. The molecular weight excluding hydrogens is 403 g/mol. The number of aromatic nitrogens is 1. The van der Waals surface area contributed by atoms with Gasteiger partial charge in [0.15, 0.2) is 0 Å². The van der Waals surface area contributed by atoms with Crippen molar-refractivity contribution in [1.29, 1.82) is 0 Å². The molecule has 2 aromatic carbocycles. The van der Waals surface area contributed by atoms with Crippen LogP contribution >= 0.6 is 27.3 Å². The molecule has 6 heteroatoms. The average Bonchev–Trinajstić information content (AvgIpc) is 2.97. The van der Waals surface area contributed by atoms with Gasteiger partial charge in [-0.15, -0.1) is 11.3 Å². The minimum Gasteiger partial charge on any atom is -0.352 e. The molecule has 1 amide bonds. The van der Waals surface area contributed by atoms with Gasteiger partial charge in [0, 0.05) is 27.9 Å². The summed E-state index contributed by atoms with van der Waals surface area (Å²) in [7, 11) is 0. The summed E-state index contributed by atoms with van der Waals surface area (Å²) in [5, 5.41) is 3.80. The molecule has 0 aliphatic carbocycles. The molecule has 0 radical (unpaired) electrons. The van der Waals surface area contributed by atoms with Gasteiger partial charge in [0.1, 0.15) is 10.8 Å². The van der Waals surface area contributed by atoms with E-state index in [1.54, 1.807) is 29.5 Å². The number of amides is 1. The van der Waals surface area contributed by atoms with Crippen molar-refractivity contribution in [2.45, 2.75) is 13.3 Å². The largest absolute Gasteiger partial charge is 0.352 e. The lowest BCUT2D eigenvalue weighted by atomic mass is 10.2. The second kappa shape index (κ2) is 7.89. The van der Waals surface area contributed by atoms with Crippen LogP contribution in [0.15, 0.2) is 53.0 Å². The third kappa shape index (κ3) is 4.32. The summed E-state index contributed by atoms with van der Waals surface area (Å²) in [5.41, 5.74) is 2.47. The molecule has 0 aliphatic rings. The van der Waals surface area contributed by atoms with E-state index in [1.807, 2.05) is 25.1 Å². The molecule has 1 aromatic heterocycles. The SMILES string of the molecule is Cc1nc(-c2ccc(F)cc2)sc1CCNC(=O)c1ccccc1Br. The molecule has 0 saturated carbocycles. The van der Waals surface area contributed by atoms with E-state index >= 15 is 0 Å². The van der Waals surface area contributed by atoms with Crippen LogP contribution in [0.2, 0.25) is 0 Å². The fourth-order valence-electron chi connectivity index (χ4n) is 2.41. The first-order valence-electron chi connectivity index (χ1n) is 7.79. The predicted octanol–water partition coefficient (Wildman–Crippen LogP) is 4.99. The molecule has 0 unspecified atom stereocenters. The van der Waals surface area contributed by atoms with Crippen LogP contribution in [0.5, 0.6) is 0 Å². The number of nitrogens with one attached hydrogen (secondary N) is 1. The minimum absolute atomic E-state index is 0.103. The van der Waals surface area contributed by atoms with E-state index in [0.29, 0.717) is 18.5 Å². The fourth-order valence-corrected chi connectivity index (χ4v) is 3.94. The Kier molecular flexibility index (Phi) is 5.60. The first-order valence-corrected chi connectivity index (χ1v) is 9.40. The van der Waals surface area contributed by atoms with Crippen molar-refractivity contribution in [3.8, 4) is 10.6 Å². The molecule has 3 rings (SSSR count). The van der Waals surface area contributed by atoms with Gasteiger partial charge in [-0.25, -0.2) is 9.37 Å². The third-order valence-electron chi connectivity index (χ3n) is 3.74. The predicted molar refractivity (Wildman–Crippen MR) is 102 cm³/mol. The van der Waals surface area contributed by atoms with Gasteiger partial charge in [-0.1, -0.05) is 12.1 Å². The summed E-state index contributed by atoms with van der Waals surface area (Å²) in [6, 6.07) is 13.7. The molecule has 0 atom stereocenters. The van der Waals surface area contributed by atoms with Crippen LogP contribution in [0, 0.1) is 12.7 Å². The van der Waals surface area contributed by atoms with Crippen molar-refractivity contribution in [3.05, 3.63) is 75.0 Å². The monoisotopic (exact) mass is 418 g/mol. The van der Waals surface area contributed by atoms with Crippen molar-refractivity contribution >= 4 is 33.2 Å². The number of benzene rings is 2. The third-order valence-corrected chi connectivity index (χ3v) is 5.70. The molecule has 25 heavy (non-hydrogen) atoms. The molecule has 3 aromatic rings. The maximum atomic E-state index is 13.0. The number of halogens is 2. The van der Waals surface area contributed by atoms with Gasteiger partial charge in [-0.05, 0) is 59.3 Å². The van der Waals surface area contributed by atoms with Gasteiger partial charge in [-0.2, -0.15) is 0 Å². The van der Waals surface area contributed by atoms with Crippen LogP contribution in [0.3, 0.4) is 0 Å². The minimum atomic E-state index is -0.257. The van der Waals surface area contributed by atoms with Crippen molar-refractivity contribution in [2.24, 2.45) is 0 Å². The molecule has 0 saturated heterocycles. The second-order valence-corrected chi connectivity index (χ2v) is 7.46. The summed E-state index contributed by atoms with van der Waals surface area (Å²) in [4.78, 5) is 17.9. The summed E-state index contributed by atoms with van der Waals surface area (Å²) in [6.07, 6.45) is 0.709. The molecule has 1 heterocycles. The highest BCUT2D eigenvalue weighted by molar-refractivity contribution is 9.10. The van der Waals surface area contributed by atoms with Crippen LogP contribution in [0.1, 0.15) is 20.9 Å². The maximum Gasteiger partial charge on any atom is 0.252 e. The van der Waals surface area contributed by atoms with Crippen LogP contribution in [0.25, 0.3) is 10.6 Å². The molecule has 128 valence electrons. The Labute approximate surface area is 158 Å². The Morgan fingerprint density at radius 3 is 2.64 bits per heavy atom. The Bertz CT molecular complexity index is 893. The summed E-state index contributed by atoms with van der Waals surface area (Å²) < 4.78 is 13.8. The van der Waals surface area contributed by atoms with Crippen LogP contribution in [0.4, 0.5) is 4.39 Å². The highest BCUT2D eigenvalue weighted by Gasteiger charge is 2.12.